The van der Waals surface area contributed by atoms with Crippen LogP contribution in [0.1, 0.15) is 0 Å². The molecule has 12 heteroatoms. The van der Waals surface area contributed by atoms with E-state index in [2.05, 4.69) is 31.2 Å². The van der Waals surface area contributed by atoms with Crippen molar-refractivity contribution < 1.29 is 28.6 Å². The Morgan fingerprint density at radius 3 is 2.18 bits per heavy atom. The first kappa shape index (κ1) is 24.0. The molecule has 0 spiro atoms. The normalized spacial score (nSPS) is 10.2. The van der Waals surface area contributed by atoms with Crippen LogP contribution in [0.15, 0.2) is 48.7 Å². The molecule has 0 aliphatic carbocycles. The van der Waals surface area contributed by atoms with E-state index in [1.54, 1.807) is 24.3 Å². The van der Waals surface area contributed by atoms with Gasteiger partial charge in [-0.3, -0.25) is 9.59 Å². The first-order valence-corrected chi connectivity index (χ1v) is 10.0. The van der Waals surface area contributed by atoms with Crippen molar-refractivity contribution in [2.24, 2.45) is 0 Å². The number of phenols is 1. The highest BCUT2D eigenvalue weighted by Crippen LogP contribution is 2.29. The molecule has 34 heavy (non-hydrogen) atoms. The standard InChI is InChI=1S/C22H23FN6O5/c1-24-19(31)11-33-16-7-14(8-17(9-16)34-12-20(32)25-2)28-22-26-10-18(23)21(29-22)27-13-4-3-5-15(30)6-13/h3-10,30H,11-12H2,1-2H3,(H,24,31)(H,25,32)(H2,26,27,28,29). The van der Waals surface area contributed by atoms with Crippen molar-refractivity contribution in [3.63, 3.8) is 0 Å². The molecule has 1 aromatic heterocycles. The van der Waals surface area contributed by atoms with Gasteiger partial charge in [0.2, 0.25) is 5.95 Å². The van der Waals surface area contributed by atoms with E-state index in [-0.39, 0.29) is 54.0 Å². The molecule has 0 saturated heterocycles. The van der Waals surface area contributed by atoms with Gasteiger partial charge in [-0.1, -0.05) is 6.07 Å². The van der Waals surface area contributed by atoms with Gasteiger partial charge in [0.1, 0.15) is 17.2 Å². The number of carbonyl (C=O) groups is 2. The number of ether oxygens (including phenoxy) is 2. The number of likely N-dealkylation sites (N-methyl/N-ethyl adjacent to an activating group) is 2. The largest absolute Gasteiger partial charge is 0.508 e. The number of hydrogen-bond acceptors (Lipinski definition) is 9. The molecule has 0 bridgehead atoms. The number of anilines is 4. The fourth-order valence-electron chi connectivity index (χ4n) is 2.62. The van der Waals surface area contributed by atoms with Gasteiger partial charge in [0.25, 0.3) is 11.8 Å². The molecule has 0 aliphatic rings. The van der Waals surface area contributed by atoms with Crippen molar-refractivity contribution in [3.8, 4) is 17.2 Å². The fraction of sp³-hybridized carbons (Fsp3) is 0.182. The lowest BCUT2D eigenvalue weighted by Gasteiger charge is -2.13. The highest BCUT2D eigenvalue weighted by atomic mass is 19.1. The average molecular weight is 470 g/mol. The molecular formula is C22H23FN6O5. The summed E-state index contributed by atoms with van der Waals surface area (Å²) in [6.45, 7) is -0.472. The van der Waals surface area contributed by atoms with E-state index in [0.717, 1.165) is 6.20 Å². The smallest absolute Gasteiger partial charge is 0.257 e. The topological polar surface area (TPSA) is 147 Å². The quantitative estimate of drug-likeness (QED) is 0.300. The van der Waals surface area contributed by atoms with E-state index in [9.17, 15) is 19.1 Å². The first-order valence-electron chi connectivity index (χ1n) is 10.0. The maximum atomic E-state index is 14.2. The Balaban J connectivity index is 1.83. The van der Waals surface area contributed by atoms with Crippen molar-refractivity contribution in [3.05, 3.63) is 54.5 Å². The third-order valence-corrected chi connectivity index (χ3v) is 4.29. The molecule has 3 rings (SSSR count). The zero-order valence-electron chi connectivity index (χ0n) is 18.4. The molecule has 0 unspecified atom stereocenters. The van der Waals surface area contributed by atoms with Crippen LogP contribution in [0.3, 0.4) is 0 Å². The van der Waals surface area contributed by atoms with E-state index in [1.165, 1.54) is 32.3 Å². The van der Waals surface area contributed by atoms with Crippen LogP contribution in [0.2, 0.25) is 0 Å². The Hall–Kier alpha value is -4.61. The molecular weight excluding hydrogens is 447 g/mol. The molecule has 0 atom stereocenters. The van der Waals surface area contributed by atoms with Crippen LogP contribution in [0.25, 0.3) is 0 Å². The number of halogens is 1. The number of nitrogens with one attached hydrogen (secondary N) is 4. The predicted octanol–water partition coefficient (Wildman–Crippen LogP) is 2.06. The Bertz CT molecular complexity index is 1140. The molecule has 2 aromatic carbocycles. The Kier molecular flexibility index (Phi) is 8.00. The van der Waals surface area contributed by atoms with Gasteiger partial charge in [-0.2, -0.15) is 4.98 Å². The lowest BCUT2D eigenvalue weighted by Crippen LogP contribution is -2.25. The van der Waals surface area contributed by atoms with E-state index in [0.29, 0.717) is 11.4 Å². The van der Waals surface area contributed by atoms with Crippen LogP contribution in [0, 0.1) is 5.82 Å². The second kappa shape index (κ2) is 11.3. The monoisotopic (exact) mass is 470 g/mol. The van der Waals surface area contributed by atoms with Gasteiger partial charge in [-0.15, -0.1) is 0 Å². The molecule has 0 aliphatic heterocycles. The van der Waals surface area contributed by atoms with Crippen LogP contribution in [0.4, 0.5) is 27.5 Å². The number of phenolic OH excluding ortho intramolecular Hbond substituents is 1. The minimum Gasteiger partial charge on any atom is -0.508 e. The summed E-state index contributed by atoms with van der Waals surface area (Å²) in [4.78, 5) is 31.1. The van der Waals surface area contributed by atoms with Gasteiger partial charge in [0.05, 0.1) is 6.20 Å². The van der Waals surface area contributed by atoms with Crippen LogP contribution in [-0.2, 0) is 9.59 Å². The van der Waals surface area contributed by atoms with E-state index >= 15 is 0 Å². The average Bonchev–Trinajstić information content (AvgIpc) is 2.83. The second-order valence-corrected chi connectivity index (χ2v) is 6.81. The predicted molar refractivity (Wildman–Crippen MR) is 122 cm³/mol. The molecule has 2 amide bonds. The van der Waals surface area contributed by atoms with Gasteiger partial charge >= 0.3 is 0 Å². The summed E-state index contributed by atoms with van der Waals surface area (Å²) in [6, 6.07) is 10.8. The van der Waals surface area contributed by atoms with Crippen molar-refractivity contribution >= 4 is 35.0 Å². The molecule has 1 heterocycles. The molecule has 178 valence electrons. The highest BCUT2D eigenvalue weighted by Gasteiger charge is 2.11. The first-order chi connectivity index (χ1) is 16.4. The van der Waals surface area contributed by atoms with E-state index in [1.807, 2.05) is 0 Å². The summed E-state index contributed by atoms with van der Waals surface area (Å²) in [6.07, 6.45) is 0.982. The third-order valence-electron chi connectivity index (χ3n) is 4.29. The summed E-state index contributed by atoms with van der Waals surface area (Å²) in [5.41, 5.74) is 0.828. The van der Waals surface area contributed by atoms with Crippen molar-refractivity contribution in [1.29, 1.82) is 0 Å². The Morgan fingerprint density at radius 2 is 1.59 bits per heavy atom. The minimum atomic E-state index is -0.703. The van der Waals surface area contributed by atoms with Crippen LogP contribution in [0.5, 0.6) is 17.2 Å². The highest BCUT2D eigenvalue weighted by molar-refractivity contribution is 5.78. The van der Waals surface area contributed by atoms with Crippen molar-refractivity contribution in [2.75, 3.05) is 37.9 Å². The van der Waals surface area contributed by atoms with E-state index in [4.69, 9.17) is 9.47 Å². The number of amides is 2. The van der Waals surface area contributed by atoms with Crippen LogP contribution < -0.4 is 30.7 Å². The van der Waals surface area contributed by atoms with Gasteiger partial charge in [0.15, 0.2) is 24.8 Å². The molecule has 0 saturated carbocycles. The molecule has 11 nitrogen and oxygen atoms in total. The molecule has 0 radical (unpaired) electrons. The third kappa shape index (κ3) is 6.95. The summed E-state index contributed by atoms with van der Waals surface area (Å²) < 4.78 is 25.2. The van der Waals surface area contributed by atoms with Crippen LogP contribution in [-0.4, -0.2) is 54.2 Å². The van der Waals surface area contributed by atoms with Crippen molar-refractivity contribution in [1.82, 2.24) is 20.6 Å². The second-order valence-electron chi connectivity index (χ2n) is 6.81. The minimum absolute atomic E-state index is 0.00988. The van der Waals surface area contributed by atoms with Crippen molar-refractivity contribution in [2.45, 2.75) is 0 Å². The number of benzene rings is 2. The fourth-order valence-corrected chi connectivity index (χ4v) is 2.62. The summed E-state index contributed by atoms with van der Waals surface area (Å²) in [7, 11) is 2.96. The maximum Gasteiger partial charge on any atom is 0.257 e. The number of aromatic hydroxyl groups is 1. The number of hydrogen-bond donors (Lipinski definition) is 5. The zero-order valence-corrected chi connectivity index (χ0v) is 18.4. The van der Waals surface area contributed by atoms with Crippen LogP contribution >= 0.6 is 0 Å². The Labute approximate surface area is 194 Å². The lowest BCUT2D eigenvalue weighted by atomic mass is 10.2. The maximum absolute atomic E-state index is 14.2. The van der Waals surface area contributed by atoms with Gasteiger partial charge in [-0.25, -0.2) is 9.37 Å². The lowest BCUT2D eigenvalue weighted by molar-refractivity contribution is -0.123. The SMILES string of the molecule is CNC(=O)COc1cc(Nc2ncc(F)c(Nc3cccc(O)c3)n2)cc(OCC(=O)NC)c1. The van der Waals surface area contributed by atoms with Gasteiger partial charge < -0.3 is 35.8 Å². The molecule has 3 aromatic rings. The number of nitrogens with zero attached hydrogens (tertiary/aromatic N) is 2. The zero-order chi connectivity index (χ0) is 24.5. The number of carbonyl (C=O) groups excluding carboxylic acids is 2. The van der Waals surface area contributed by atoms with E-state index < -0.39 is 5.82 Å². The van der Waals surface area contributed by atoms with Gasteiger partial charge in [0, 0.05) is 49.7 Å². The molecule has 0 fully saturated rings. The summed E-state index contributed by atoms with van der Waals surface area (Å²) >= 11 is 0. The number of aromatic nitrogens is 2. The van der Waals surface area contributed by atoms with Gasteiger partial charge in [-0.05, 0) is 12.1 Å². The Morgan fingerprint density at radius 1 is 0.941 bits per heavy atom. The summed E-state index contributed by atoms with van der Waals surface area (Å²) in [5, 5.41) is 20.2. The molecule has 5 N–H and O–H groups in total. The number of rotatable bonds is 10. The summed E-state index contributed by atoms with van der Waals surface area (Å²) in [5.74, 6) is -0.884.